The van der Waals surface area contributed by atoms with E-state index in [1.807, 2.05) is 6.92 Å². The van der Waals surface area contributed by atoms with Crippen molar-refractivity contribution in [1.29, 1.82) is 0 Å². The molecule has 2 nitrogen and oxygen atoms in total. The fourth-order valence-corrected chi connectivity index (χ4v) is 1.21. The molecule has 0 aromatic rings. The fourth-order valence-electron chi connectivity index (χ4n) is 1.21. The molecule has 0 aromatic carbocycles. The van der Waals surface area contributed by atoms with Gasteiger partial charge in [-0.3, -0.25) is 0 Å². The molecule has 1 atom stereocenters. The molecular weight excluding hydrogens is 164 g/mol. The van der Waals surface area contributed by atoms with Gasteiger partial charge in [-0.25, -0.2) is 0 Å². The highest BCUT2D eigenvalue weighted by Crippen LogP contribution is 2.08. The Morgan fingerprint density at radius 1 is 0.923 bits per heavy atom. The monoisotopic (exact) mass is 188 g/mol. The molecule has 0 heterocycles. The van der Waals surface area contributed by atoms with Crippen LogP contribution in [-0.4, -0.2) is 19.5 Å². The first-order valence-electron chi connectivity index (χ1n) is 5.58. The van der Waals surface area contributed by atoms with Gasteiger partial charge in [-0.2, -0.15) is 0 Å². The zero-order valence-corrected chi connectivity index (χ0v) is 9.34. The Bertz CT molecular complexity index is 94.1. The molecule has 0 aliphatic rings. The Morgan fingerprint density at radius 3 is 2.23 bits per heavy atom. The van der Waals surface area contributed by atoms with Gasteiger partial charge in [0.25, 0.3) is 0 Å². The van der Waals surface area contributed by atoms with Gasteiger partial charge in [0.15, 0.2) is 6.29 Å². The number of hydrogen-bond acceptors (Lipinski definition) is 2. The van der Waals surface area contributed by atoms with Gasteiger partial charge < -0.3 is 9.47 Å². The van der Waals surface area contributed by atoms with E-state index in [1.54, 1.807) is 0 Å². The third kappa shape index (κ3) is 8.26. The Morgan fingerprint density at radius 2 is 1.69 bits per heavy atom. The number of hydrogen-bond donors (Lipinski definition) is 0. The quantitative estimate of drug-likeness (QED) is 0.408. The van der Waals surface area contributed by atoms with Crippen LogP contribution in [0.3, 0.4) is 0 Å². The van der Waals surface area contributed by atoms with Crippen molar-refractivity contribution in [2.45, 2.75) is 59.2 Å². The van der Waals surface area contributed by atoms with Crippen molar-refractivity contribution in [2.24, 2.45) is 0 Å². The summed E-state index contributed by atoms with van der Waals surface area (Å²) in [5.41, 5.74) is 0. The van der Waals surface area contributed by atoms with Crippen molar-refractivity contribution in [3.05, 3.63) is 0 Å². The molecule has 0 amide bonds. The predicted octanol–water partition coefficient (Wildman–Crippen LogP) is 3.36. The van der Waals surface area contributed by atoms with Crippen LogP contribution in [0.15, 0.2) is 0 Å². The van der Waals surface area contributed by atoms with E-state index in [1.165, 1.54) is 19.3 Å². The highest BCUT2D eigenvalue weighted by molar-refractivity contribution is 4.46. The maximum atomic E-state index is 5.56. The molecule has 0 saturated heterocycles. The highest BCUT2D eigenvalue weighted by Gasteiger charge is 2.06. The van der Waals surface area contributed by atoms with E-state index in [9.17, 15) is 0 Å². The van der Waals surface area contributed by atoms with E-state index in [2.05, 4.69) is 13.8 Å². The first kappa shape index (κ1) is 12.9. The van der Waals surface area contributed by atoms with Crippen molar-refractivity contribution in [1.82, 2.24) is 0 Å². The van der Waals surface area contributed by atoms with Gasteiger partial charge in [0.2, 0.25) is 0 Å². The van der Waals surface area contributed by atoms with Crippen LogP contribution in [0.25, 0.3) is 0 Å². The average Bonchev–Trinajstić information content (AvgIpc) is 2.14. The average molecular weight is 188 g/mol. The van der Waals surface area contributed by atoms with Gasteiger partial charge in [0.1, 0.15) is 0 Å². The maximum Gasteiger partial charge on any atom is 0.157 e. The third-order valence-corrected chi connectivity index (χ3v) is 1.90. The molecule has 1 unspecified atom stereocenters. The van der Waals surface area contributed by atoms with Gasteiger partial charge in [-0.15, -0.1) is 0 Å². The lowest BCUT2D eigenvalue weighted by atomic mass is 10.2. The summed E-state index contributed by atoms with van der Waals surface area (Å²) in [6, 6.07) is 0. The molecule has 0 aromatic heterocycles. The van der Waals surface area contributed by atoms with Crippen molar-refractivity contribution in [3.8, 4) is 0 Å². The molecule has 0 aliphatic heterocycles. The molecule has 0 radical (unpaired) electrons. The fraction of sp³-hybridized carbons (Fsp3) is 1.00. The second-order valence-electron chi connectivity index (χ2n) is 3.25. The second-order valence-corrected chi connectivity index (χ2v) is 3.25. The first-order chi connectivity index (χ1) is 6.35. The summed E-state index contributed by atoms with van der Waals surface area (Å²) in [6.45, 7) is 7.91. The summed E-state index contributed by atoms with van der Waals surface area (Å²) in [5.74, 6) is 0. The van der Waals surface area contributed by atoms with E-state index in [0.717, 1.165) is 26.1 Å². The lowest BCUT2D eigenvalue weighted by molar-refractivity contribution is -0.143. The molecule has 0 rings (SSSR count). The van der Waals surface area contributed by atoms with Gasteiger partial charge in [-0.05, 0) is 26.2 Å². The number of unbranched alkanes of at least 4 members (excludes halogenated alkanes) is 2. The van der Waals surface area contributed by atoms with Gasteiger partial charge in [0, 0.05) is 13.2 Å². The van der Waals surface area contributed by atoms with Crippen molar-refractivity contribution in [3.63, 3.8) is 0 Å². The van der Waals surface area contributed by atoms with Crippen LogP contribution in [0.5, 0.6) is 0 Å². The topological polar surface area (TPSA) is 18.5 Å². The van der Waals surface area contributed by atoms with Crippen LogP contribution < -0.4 is 0 Å². The lowest BCUT2D eigenvalue weighted by Crippen LogP contribution is -2.17. The van der Waals surface area contributed by atoms with Crippen LogP contribution in [0.4, 0.5) is 0 Å². The predicted molar refractivity (Wildman–Crippen MR) is 55.8 cm³/mol. The maximum absolute atomic E-state index is 5.56. The Kier molecular flexibility index (Phi) is 9.94. The summed E-state index contributed by atoms with van der Waals surface area (Å²) in [7, 11) is 0. The molecule has 2 heteroatoms. The third-order valence-electron chi connectivity index (χ3n) is 1.90. The summed E-state index contributed by atoms with van der Waals surface area (Å²) in [4.78, 5) is 0. The van der Waals surface area contributed by atoms with E-state index < -0.39 is 0 Å². The van der Waals surface area contributed by atoms with E-state index in [-0.39, 0.29) is 6.29 Å². The lowest BCUT2D eigenvalue weighted by Gasteiger charge is -2.16. The molecule has 0 aliphatic carbocycles. The molecule has 0 spiro atoms. The molecule has 0 fully saturated rings. The minimum atomic E-state index is 0.0384. The van der Waals surface area contributed by atoms with Crippen LogP contribution in [0.1, 0.15) is 52.9 Å². The van der Waals surface area contributed by atoms with Crippen molar-refractivity contribution < 1.29 is 9.47 Å². The number of ether oxygens (including phenoxy) is 2. The standard InChI is InChI=1S/C11H24O2/c1-4-7-8-9-11(12-6-3)13-10-5-2/h11H,4-10H2,1-3H3. The molecule has 0 bridgehead atoms. The zero-order chi connectivity index (χ0) is 9.94. The minimum Gasteiger partial charge on any atom is -0.353 e. The summed E-state index contributed by atoms with van der Waals surface area (Å²) >= 11 is 0. The smallest absolute Gasteiger partial charge is 0.157 e. The van der Waals surface area contributed by atoms with Crippen molar-refractivity contribution >= 4 is 0 Å². The van der Waals surface area contributed by atoms with Crippen molar-refractivity contribution in [2.75, 3.05) is 13.2 Å². The largest absolute Gasteiger partial charge is 0.353 e. The normalized spacial score (nSPS) is 13.2. The highest BCUT2D eigenvalue weighted by atomic mass is 16.7. The summed E-state index contributed by atoms with van der Waals surface area (Å²) in [6.07, 6.45) is 5.90. The molecule has 0 N–H and O–H groups in total. The SMILES string of the molecule is CCCCCC(OCC)OCCC. The van der Waals surface area contributed by atoms with Gasteiger partial charge >= 0.3 is 0 Å². The van der Waals surface area contributed by atoms with Crippen LogP contribution in [-0.2, 0) is 9.47 Å². The van der Waals surface area contributed by atoms with Gasteiger partial charge in [0.05, 0.1) is 0 Å². The Balaban J connectivity index is 3.41. The molecule has 0 saturated carbocycles. The van der Waals surface area contributed by atoms with E-state index in [0.29, 0.717) is 0 Å². The molecule has 13 heavy (non-hydrogen) atoms. The van der Waals surface area contributed by atoms with E-state index >= 15 is 0 Å². The van der Waals surface area contributed by atoms with Gasteiger partial charge in [-0.1, -0.05) is 26.7 Å². The van der Waals surface area contributed by atoms with Crippen LogP contribution in [0, 0.1) is 0 Å². The minimum absolute atomic E-state index is 0.0384. The molecule has 80 valence electrons. The molecular formula is C11H24O2. The Hall–Kier alpha value is -0.0800. The summed E-state index contributed by atoms with van der Waals surface area (Å²) in [5, 5.41) is 0. The van der Waals surface area contributed by atoms with E-state index in [4.69, 9.17) is 9.47 Å². The van der Waals surface area contributed by atoms with Crippen LogP contribution >= 0.6 is 0 Å². The zero-order valence-electron chi connectivity index (χ0n) is 9.34. The second kappa shape index (κ2) is 10.0. The number of rotatable bonds is 9. The summed E-state index contributed by atoms with van der Waals surface area (Å²) < 4.78 is 11.0. The van der Waals surface area contributed by atoms with Crippen LogP contribution in [0.2, 0.25) is 0 Å². The Labute approximate surface area is 82.6 Å². The first-order valence-corrected chi connectivity index (χ1v) is 5.58.